The second kappa shape index (κ2) is 6.04. The van der Waals surface area contributed by atoms with Gasteiger partial charge in [-0.1, -0.05) is 18.5 Å². The first kappa shape index (κ1) is 16.2. The summed E-state index contributed by atoms with van der Waals surface area (Å²) < 4.78 is 13.4. The second-order valence-corrected chi connectivity index (χ2v) is 5.02. The van der Waals surface area contributed by atoms with Crippen LogP contribution in [0, 0.1) is 21.3 Å². The fourth-order valence-electron chi connectivity index (χ4n) is 1.47. The topological polar surface area (TPSA) is 92.5 Å². The third-order valence-electron chi connectivity index (χ3n) is 3.20. The highest BCUT2D eigenvalue weighted by molar-refractivity contribution is 6.31. The highest BCUT2D eigenvalue weighted by atomic mass is 35.5. The Morgan fingerprint density at radius 2 is 2.20 bits per heavy atom. The van der Waals surface area contributed by atoms with Crippen molar-refractivity contribution in [3.8, 4) is 0 Å². The fraction of sp³-hybridized carbons (Fsp3) is 0.417. The van der Waals surface area contributed by atoms with Gasteiger partial charge in [0, 0.05) is 18.7 Å². The minimum Gasteiger partial charge on any atom is -0.481 e. The molecule has 0 aliphatic rings. The van der Waals surface area contributed by atoms with Crippen molar-refractivity contribution in [1.29, 1.82) is 0 Å². The summed E-state index contributed by atoms with van der Waals surface area (Å²) in [7, 11) is 0. The molecule has 1 aromatic rings. The lowest BCUT2D eigenvalue weighted by molar-refractivity contribution is -0.384. The number of halogens is 2. The van der Waals surface area contributed by atoms with Crippen LogP contribution in [0.2, 0.25) is 5.02 Å². The summed E-state index contributed by atoms with van der Waals surface area (Å²) in [6.07, 6.45) is 0.319. The first-order valence-electron chi connectivity index (χ1n) is 5.82. The lowest BCUT2D eigenvalue weighted by atomic mass is 9.87. The summed E-state index contributed by atoms with van der Waals surface area (Å²) in [5, 5.41) is 22.3. The van der Waals surface area contributed by atoms with E-state index < -0.39 is 27.8 Å². The third kappa shape index (κ3) is 3.36. The van der Waals surface area contributed by atoms with Crippen LogP contribution in [-0.2, 0) is 4.79 Å². The van der Waals surface area contributed by atoms with E-state index in [1.165, 1.54) is 6.92 Å². The number of carboxylic acid groups (broad SMARTS) is 1. The van der Waals surface area contributed by atoms with E-state index in [0.29, 0.717) is 6.42 Å². The number of rotatable bonds is 6. The summed E-state index contributed by atoms with van der Waals surface area (Å²) in [6.45, 7) is 3.12. The lowest BCUT2D eigenvalue weighted by Crippen LogP contribution is -2.34. The molecule has 0 aliphatic carbocycles. The van der Waals surface area contributed by atoms with Gasteiger partial charge in [0.2, 0.25) is 0 Å². The standard InChI is InChI=1S/C12H14ClFN2O4/c1-3-12(2,11(17)18)6-15-9-5-8(14)7(13)4-10(9)16(19)20/h4-5,15H,3,6H2,1-2H3,(H,17,18). The van der Waals surface area contributed by atoms with Crippen LogP contribution in [0.25, 0.3) is 0 Å². The summed E-state index contributed by atoms with van der Waals surface area (Å²) >= 11 is 5.50. The molecule has 0 aliphatic heterocycles. The minimum absolute atomic E-state index is 0.0687. The maximum absolute atomic E-state index is 13.4. The number of nitrogens with one attached hydrogen (secondary N) is 1. The van der Waals surface area contributed by atoms with E-state index >= 15 is 0 Å². The molecule has 0 spiro atoms. The largest absolute Gasteiger partial charge is 0.481 e. The average Bonchev–Trinajstić information content (AvgIpc) is 2.38. The van der Waals surface area contributed by atoms with E-state index in [4.69, 9.17) is 16.7 Å². The van der Waals surface area contributed by atoms with Gasteiger partial charge in [-0.3, -0.25) is 14.9 Å². The van der Waals surface area contributed by atoms with Crippen molar-refractivity contribution in [1.82, 2.24) is 0 Å². The Balaban J connectivity index is 3.06. The molecule has 0 heterocycles. The first-order chi connectivity index (χ1) is 9.21. The quantitative estimate of drug-likeness (QED) is 0.621. The van der Waals surface area contributed by atoms with Gasteiger partial charge in [0.05, 0.1) is 15.4 Å². The number of aliphatic carboxylic acids is 1. The zero-order valence-corrected chi connectivity index (χ0v) is 11.7. The summed E-state index contributed by atoms with van der Waals surface area (Å²) in [4.78, 5) is 21.3. The lowest BCUT2D eigenvalue weighted by Gasteiger charge is -2.23. The predicted molar refractivity (Wildman–Crippen MR) is 72.6 cm³/mol. The Morgan fingerprint density at radius 3 is 2.65 bits per heavy atom. The van der Waals surface area contributed by atoms with Gasteiger partial charge in [-0.05, 0) is 13.3 Å². The molecule has 0 aromatic heterocycles. The van der Waals surface area contributed by atoms with Gasteiger partial charge in [-0.25, -0.2) is 4.39 Å². The zero-order chi connectivity index (χ0) is 15.5. The Morgan fingerprint density at radius 1 is 1.60 bits per heavy atom. The van der Waals surface area contributed by atoms with Crippen LogP contribution in [0.15, 0.2) is 12.1 Å². The van der Waals surface area contributed by atoms with Crippen LogP contribution in [0.4, 0.5) is 15.8 Å². The molecule has 0 fully saturated rings. The number of anilines is 1. The van der Waals surface area contributed by atoms with Crippen molar-refractivity contribution in [2.75, 3.05) is 11.9 Å². The molecule has 2 N–H and O–H groups in total. The Labute approximate surface area is 119 Å². The summed E-state index contributed by atoms with van der Waals surface area (Å²) in [6, 6.07) is 1.78. The molecule has 1 atom stereocenters. The number of carboxylic acids is 1. The van der Waals surface area contributed by atoms with Crippen molar-refractivity contribution in [3.05, 3.63) is 33.1 Å². The number of carbonyl (C=O) groups is 1. The molecule has 0 saturated heterocycles. The van der Waals surface area contributed by atoms with E-state index in [1.807, 2.05) is 0 Å². The van der Waals surface area contributed by atoms with Crippen LogP contribution in [0.1, 0.15) is 20.3 Å². The van der Waals surface area contributed by atoms with E-state index in [1.54, 1.807) is 6.92 Å². The second-order valence-electron chi connectivity index (χ2n) is 4.61. The first-order valence-corrected chi connectivity index (χ1v) is 6.19. The SMILES string of the molecule is CCC(C)(CNc1cc(F)c(Cl)cc1[N+](=O)[O-])C(=O)O. The van der Waals surface area contributed by atoms with Gasteiger partial charge in [0.15, 0.2) is 0 Å². The number of nitro benzene ring substituents is 1. The predicted octanol–water partition coefficient (Wildman–Crippen LogP) is 3.30. The molecule has 0 bridgehead atoms. The van der Waals surface area contributed by atoms with Crippen molar-refractivity contribution >= 4 is 28.9 Å². The number of nitro groups is 1. The molecular formula is C12H14ClFN2O4. The molecule has 0 radical (unpaired) electrons. The van der Waals surface area contributed by atoms with Crippen LogP contribution in [-0.4, -0.2) is 22.5 Å². The average molecular weight is 305 g/mol. The van der Waals surface area contributed by atoms with Crippen LogP contribution in [0.3, 0.4) is 0 Å². The summed E-state index contributed by atoms with van der Waals surface area (Å²) in [5.41, 5.74) is -1.61. The normalized spacial score (nSPS) is 13.6. The molecule has 1 rings (SSSR count). The minimum atomic E-state index is -1.11. The number of hydrogen-bond acceptors (Lipinski definition) is 4. The molecule has 1 aromatic carbocycles. The molecular weight excluding hydrogens is 291 g/mol. The fourth-order valence-corrected chi connectivity index (χ4v) is 1.63. The van der Waals surface area contributed by atoms with Gasteiger partial charge in [0.25, 0.3) is 5.69 Å². The highest BCUT2D eigenvalue weighted by Crippen LogP contribution is 2.32. The molecule has 110 valence electrons. The Hall–Kier alpha value is -1.89. The van der Waals surface area contributed by atoms with Crippen LogP contribution < -0.4 is 5.32 Å². The number of hydrogen-bond donors (Lipinski definition) is 2. The molecule has 0 saturated carbocycles. The van der Waals surface area contributed by atoms with Crippen molar-refractivity contribution in [2.24, 2.45) is 5.41 Å². The molecule has 20 heavy (non-hydrogen) atoms. The van der Waals surface area contributed by atoms with E-state index in [-0.39, 0.29) is 17.3 Å². The van der Waals surface area contributed by atoms with E-state index in [9.17, 15) is 19.3 Å². The summed E-state index contributed by atoms with van der Waals surface area (Å²) in [5.74, 6) is -1.85. The van der Waals surface area contributed by atoms with Gasteiger partial charge < -0.3 is 10.4 Å². The zero-order valence-electron chi connectivity index (χ0n) is 10.9. The van der Waals surface area contributed by atoms with Gasteiger partial charge in [-0.15, -0.1) is 0 Å². The van der Waals surface area contributed by atoms with Crippen molar-refractivity contribution in [2.45, 2.75) is 20.3 Å². The molecule has 1 unspecified atom stereocenters. The number of benzene rings is 1. The van der Waals surface area contributed by atoms with Gasteiger partial charge in [-0.2, -0.15) is 0 Å². The Kier molecular flexibility index (Phi) is 4.88. The monoisotopic (exact) mass is 304 g/mol. The van der Waals surface area contributed by atoms with E-state index in [2.05, 4.69) is 5.32 Å². The molecule has 6 nitrogen and oxygen atoms in total. The molecule has 8 heteroatoms. The maximum atomic E-state index is 13.4. The maximum Gasteiger partial charge on any atom is 0.311 e. The van der Waals surface area contributed by atoms with Crippen LogP contribution >= 0.6 is 11.6 Å². The molecule has 0 amide bonds. The van der Waals surface area contributed by atoms with Gasteiger partial charge in [0.1, 0.15) is 11.5 Å². The third-order valence-corrected chi connectivity index (χ3v) is 3.49. The van der Waals surface area contributed by atoms with Crippen LogP contribution in [0.5, 0.6) is 0 Å². The number of nitrogens with zero attached hydrogens (tertiary/aromatic N) is 1. The Bertz CT molecular complexity index is 553. The van der Waals surface area contributed by atoms with Gasteiger partial charge >= 0.3 is 5.97 Å². The highest BCUT2D eigenvalue weighted by Gasteiger charge is 2.31. The smallest absolute Gasteiger partial charge is 0.311 e. The van der Waals surface area contributed by atoms with E-state index in [0.717, 1.165) is 12.1 Å². The van der Waals surface area contributed by atoms with Crippen molar-refractivity contribution in [3.63, 3.8) is 0 Å². The van der Waals surface area contributed by atoms with Crippen molar-refractivity contribution < 1.29 is 19.2 Å².